The first-order valence-corrected chi connectivity index (χ1v) is 4.33. The first-order valence-electron chi connectivity index (χ1n) is 4.33. The van der Waals surface area contributed by atoms with Crippen molar-refractivity contribution in [3.05, 3.63) is 30.3 Å². The van der Waals surface area contributed by atoms with E-state index in [9.17, 15) is 4.79 Å². The molecule has 0 aliphatic heterocycles. The van der Waals surface area contributed by atoms with Crippen molar-refractivity contribution in [2.24, 2.45) is 5.73 Å². The minimum atomic E-state index is -0.360. The molecule has 1 aromatic rings. The number of carbonyl (C=O) groups is 1. The molecule has 0 saturated heterocycles. The lowest BCUT2D eigenvalue weighted by Crippen LogP contribution is -2.34. The van der Waals surface area contributed by atoms with Crippen LogP contribution in [0.5, 0.6) is 0 Å². The zero-order valence-corrected chi connectivity index (χ0v) is 7.81. The molecular weight excluding hydrogens is 176 g/mol. The Hall–Kier alpha value is -1.79. The van der Waals surface area contributed by atoms with E-state index in [0.717, 1.165) is 5.69 Å². The van der Waals surface area contributed by atoms with Crippen LogP contribution in [0.3, 0.4) is 0 Å². The Morgan fingerprint density at radius 3 is 2.57 bits per heavy atom. The Labute approximate surface area is 83.5 Å². The molecular formula is C11H12N2O. The highest BCUT2D eigenvalue weighted by atomic mass is 16.2. The standard InChI is InChI=1S/C11H12N2O/c1-2-11(14)13(9-8-12)10-6-4-3-5-7-10/h1,3-7H,8-9,12H2. The SMILES string of the molecule is C#CC(=O)N(CCN)c1ccccc1. The van der Waals surface area contributed by atoms with Gasteiger partial charge in [0.1, 0.15) is 0 Å². The van der Waals surface area contributed by atoms with Crippen LogP contribution in [-0.4, -0.2) is 19.0 Å². The van der Waals surface area contributed by atoms with Gasteiger partial charge in [-0.2, -0.15) is 0 Å². The number of anilines is 1. The van der Waals surface area contributed by atoms with Gasteiger partial charge in [-0.05, 0) is 18.1 Å². The molecule has 2 N–H and O–H groups in total. The number of nitrogens with two attached hydrogens (primary N) is 1. The van der Waals surface area contributed by atoms with Crippen molar-refractivity contribution in [1.82, 2.24) is 0 Å². The lowest BCUT2D eigenvalue weighted by Gasteiger charge is -2.18. The van der Waals surface area contributed by atoms with E-state index in [1.54, 1.807) is 0 Å². The minimum absolute atomic E-state index is 0.360. The molecule has 0 unspecified atom stereocenters. The molecule has 72 valence electrons. The Balaban J connectivity index is 2.90. The summed E-state index contributed by atoms with van der Waals surface area (Å²) < 4.78 is 0. The summed E-state index contributed by atoms with van der Waals surface area (Å²) in [5, 5.41) is 0. The zero-order chi connectivity index (χ0) is 10.4. The molecule has 3 nitrogen and oxygen atoms in total. The number of carbonyl (C=O) groups excluding carboxylic acids is 1. The number of nitrogens with zero attached hydrogens (tertiary/aromatic N) is 1. The maximum absolute atomic E-state index is 11.3. The highest BCUT2D eigenvalue weighted by Crippen LogP contribution is 2.12. The van der Waals surface area contributed by atoms with Crippen molar-refractivity contribution in [3.8, 4) is 12.3 Å². The van der Waals surface area contributed by atoms with Crippen LogP contribution in [0.1, 0.15) is 0 Å². The second-order valence-corrected chi connectivity index (χ2v) is 2.73. The second kappa shape index (κ2) is 5.05. The van der Waals surface area contributed by atoms with Gasteiger partial charge in [0.05, 0.1) is 0 Å². The second-order valence-electron chi connectivity index (χ2n) is 2.73. The number of amides is 1. The Morgan fingerprint density at radius 1 is 1.43 bits per heavy atom. The Morgan fingerprint density at radius 2 is 2.07 bits per heavy atom. The highest BCUT2D eigenvalue weighted by molar-refractivity contribution is 6.05. The first-order chi connectivity index (χ1) is 6.79. The molecule has 0 saturated carbocycles. The molecule has 14 heavy (non-hydrogen) atoms. The normalized spacial score (nSPS) is 9.14. The van der Waals surface area contributed by atoms with Crippen molar-refractivity contribution < 1.29 is 4.79 Å². The quantitative estimate of drug-likeness (QED) is 0.706. The fraction of sp³-hybridized carbons (Fsp3) is 0.182. The summed E-state index contributed by atoms with van der Waals surface area (Å²) in [6, 6.07) is 9.23. The molecule has 0 fully saturated rings. The van der Waals surface area contributed by atoms with Crippen LogP contribution in [0.15, 0.2) is 30.3 Å². The number of benzene rings is 1. The van der Waals surface area contributed by atoms with Crippen LogP contribution in [-0.2, 0) is 4.79 Å². The van der Waals surface area contributed by atoms with Gasteiger partial charge < -0.3 is 10.6 Å². The third-order valence-corrected chi connectivity index (χ3v) is 1.79. The highest BCUT2D eigenvalue weighted by Gasteiger charge is 2.11. The lowest BCUT2D eigenvalue weighted by atomic mass is 10.3. The van der Waals surface area contributed by atoms with Crippen molar-refractivity contribution in [3.63, 3.8) is 0 Å². The Bertz CT molecular complexity index is 340. The van der Waals surface area contributed by atoms with Crippen molar-refractivity contribution >= 4 is 11.6 Å². The van der Waals surface area contributed by atoms with Crippen LogP contribution in [0.25, 0.3) is 0 Å². The van der Waals surface area contributed by atoms with E-state index >= 15 is 0 Å². The zero-order valence-electron chi connectivity index (χ0n) is 7.81. The number of hydrogen-bond donors (Lipinski definition) is 1. The van der Waals surface area contributed by atoms with Crippen LogP contribution < -0.4 is 10.6 Å². The van der Waals surface area contributed by atoms with Crippen LogP contribution in [0.2, 0.25) is 0 Å². The largest absolute Gasteiger partial charge is 0.329 e. The molecule has 1 aromatic carbocycles. The fourth-order valence-electron chi connectivity index (χ4n) is 1.16. The lowest BCUT2D eigenvalue weighted by molar-refractivity contribution is -0.113. The number of rotatable bonds is 3. The van der Waals surface area contributed by atoms with E-state index in [1.807, 2.05) is 30.3 Å². The van der Waals surface area contributed by atoms with Gasteiger partial charge in [-0.15, -0.1) is 6.42 Å². The van der Waals surface area contributed by atoms with Gasteiger partial charge in [0.2, 0.25) is 0 Å². The predicted molar refractivity (Wildman–Crippen MR) is 56.7 cm³/mol. The fourth-order valence-corrected chi connectivity index (χ4v) is 1.16. The van der Waals surface area contributed by atoms with Gasteiger partial charge >= 0.3 is 5.91 Å². The maximum Gasteiger partial charge on any atom is 0.302 e. The van der Waals surface area contributed by atoms with E-state index in [4.69, 9.17) is 12.2 Å². The summed E-state index contributed by atoms with van der Waals surface area (Å²) in [5.74, 6) is 1.72. The predicted octanol–water partition coefficient (Wildman–Crippen LogP) is 0.611. The summed E-state index contributed by atoms with van der Waals surface area (Å²) in [5.41, 5.74) is 6.18. The third-order valence-electron chi connectivity index (χ3n) is 1.79. The number of hydrogen-bond acceptors (Lipinski definition) is 2. The Kier molecular flexibility index (Phi) is 3.71. The molecule has 0 aliphatic carbocycles. The molecule has 0 aliphatic rings. The van der Waals surface area contributed by atoms with Gasteiger partial charge in [-0.3, -0.25) is 4.79 Å². The van der Waals surface area contributed by atoms with Gasteiger partial charge in [-0.25, -0.2) is 0 Å². The molecule has 0 aromatic heterocycles. The van der Waals surface area contributed by atoms with Gasteiger partial charge in [0, 0.05) is 18.8 Å². The van der Waals surface area contributed by atoms with E-state index in [1.165, 1.54) is 4.90 Å². The third kappa shape index (κ3) is 2.35. The molecule has 0 radical (unpaired) electrons. The first kappa shape index (κ1) is 10.3. The van der Waals surface area contributed by atoms with Crippen molar-refractivity contribution in [2.75, 3.05) is 18.0 Å². The topological polar surface area (TPSA) is 46.3 Å². The molecule has 1 rings (SSSR count). The van der Waals surface area contributed by atoms with E-state index < -0.39 is 0 Å². The summed E-state index contributed by atoms with van der Waals surface area (Å²) >= 11 is 0. The molecule has 0 spiro atoms. The minimum Gasteiger partial charge on any atom is -0.329 e. The van der Waals surface area contributed by atoms with E-state index in [-0.39, 0.29) is 5.91 Å². The van der Waals surface area contributed by atoms with Crippen LogP contribution in [0.4, 0.5) is 5.69 Å². The molecule has 0 heterocycles. The van der Waals surface area contributed by atoms with Gasteiger partial charge in [-0.1, -0.05) is 18.2 Å². The van der Waals surface area contributed by atoms with Gasteiger partial charge in [0.15, 0.2) is 0 Å². The van der Waals surface area contributed by atoms with Crippen LogP contribution in [0, 0.1) is 12.3 Å². The molecule has 1 amide bonds. The summed E-state index contributed by atoms with van der Waals surface area (Å²) in [6.07, 6.45) is 5.06. The van der Waals surface area contributed by atoms with Crippen molar-refractivity contribution in [1.29, 1.82) is 0 Å². The molecule has 0 bridgehead atoms. The van der Waals surface area contributed by atoms with Gasteiger partial charge in [0.25, 0.3) is 0 Å². The average Bonchev–Trinajstić information content (AvgIpc) is 2.26. The summed E-state index contributed by atoms with van der Waals surface area (Å²) in [7, 11) is 0. The summed E-state index contributed by atoms with van der Waals surface area (Å²) in [6.45, 7) is 0.829. The average molecular weight is 188 g/mol. The molecule has 0 atom stereocenters. The van der Waals surface area contributed by atoms with Crippen molar-refractivity contribution in [2.45, 2.75) is 0 Å². The van der Waals surface area contributed by atoms with E-state index in [0.29, 0.717) is 13.1 Å². The number of terminal acetylenes is 1. The monoisotopic (exact) mass is 188 g/mol. The molecule has 3 heteroatoms. The smallest absolute Gasteiger partial charge is 0.302 e. The summed E-state index contributed by atoms with van der Waals surface area (Å²) in [4.78, 5) is 12.8. The maximum atomic E-state index is 11.3. The van der Waals surface area contributed by atoms with Crippen LogP contribution >= 0.6 is 0 Å². The van der Waals surface area contributed by atoms with E-state index in [2.05, 4.69) is 5.92 Å². The number of para-hydroxylation sites is 1.